The number of aryl methyl sites for hydroxylation is 1. The van der Waals surface area contributed by atoms with E-state index in [9.17, 15) is 4.79 Å². The van der Waals surface area contributed by atoms with Gasteiger partial charge in [-0.1, -0.05) is 18.5 Å². The Balaban J connectivity index is 2.13. The second-order valence-electron chi connectivity index (χ2n) is 4.28. The van der Waals surface area contributed by atoms with Crippen molar-refractivity contribution in [1.82, 2.24) is 10.3 Å². The summed E-state index contributed by atoms with van der Waals surface area (Å²) in [6.07, 6.45) is 0.751. The second-order valence-corrected chi connectivity index (χ2v) is 5.44. The second kappa shape index (κ2) is 6.17. The normalized spacial score (nSPS) is 12.2. The van der Waals surface area contributed by atoms with Gasteiger partial charge < -0.3 is 5.32 Å². The van der Waals surface area contributed by atoms with E-state index < -0.39 is 0 Å². The molecule has 3 nitrogen and oxygen atoms in total. The summed E-state index contributed by atoms with van der Waals surface area (Å²) in [7, 11) is 0. The Morgan fingerprint density at radius 2 is 2.32 bits per heavy atom. The Morgan fingerprint density at radius 3 is 2.95 bits per heavy atom. The lowest BCUT2D eigenvalue weighted by Gasteiger charge is -2.13. The Labute approximate surface area is 121 Å². The maximum Gasteiger partial charge on any atom is 0.251 e. The predicted molar refractivity (Wildman–Crippen MR) is 78.8 cm³/mol. The third-order valence-corrected chi connectivity index (χ3v) is 3.76. The molecule has 100 valence electrons. The molecule has 0 aliphatic heterocycles. The van der Waals surface area contributed by atoms with Crippen LogP contribution in [-0.2, 0) is 6.42 Å². The molecule has 1 amide bonds. The third-order valence-electron chi connectivity index (χ3n) is 2.86. The quantitative estimate of drug-likeness (QED) is 0.870. The van der Waals surface area contributed by atoms with Gasteiger partial charge in [-0.2, -0.15) is 11.3 Å². The fourth-order valence-corrected chi connectivity index (χ4v) is 2.73. The zero-order chi connectivity index (χ0) is 13.8. The van der Waals surface area contributed by atoms with Crippen LogP contribution in [0.15, 0.2) is 29.0 Å². The van der Waals surface area contributed by atoms with Crippen molar-refractivity contribution in [3.05, 3.63) is 50.9 Å². The number of halogens is 1. The Kier molecular flexibility index (Phi) is 4.56. The first kappa shape index (κ1) is 14.0. The number of aromatic nitrogens is 1. The largest absolute Gasteiger partial charge is 0.345 e. The number of pyridine rings is 1. The SMILES string of the molecule is CCc1cc(C(=O)NC(C)c2ccsc2)cc(Cl)n1. The molecule has 0 fully saturated rings. The number of hydrogen-bond acceptors (Lipinski definition) is 3. The van der Waals surface area contributed by atoms with Crippen LogP contribution in [0.25, 0.3) is 0 Å². The summed E-state index contributed by atoms with van der Waals surface area (Å²) in [4.78, 5) is 16.3. The lowest BCUT2D eigenvalue weighted by atomic mass is 10.1. The standard InChI is InChI=1S/C14H15ClN2OS/c1-3-12-6-11(7-13(15)17-12)14(18)16-9(2)10-4-5-19-8-10/h4-9H,3H2,1-2H3,(H,16,18). The van der Waals surface area contributed by atoms with Crippen molar-refractivity contribution in [2.75, 3.05) is 0 Å². The number of rotatable bonds is 4. The molecule has 19 heavy (non-hydrogen) atoms. The number of hydrogen-bond donors (Lipinski definition) is 1. The molecule has 1 N–H and O–H groups in total. The molecule has 0 saturated carbocycles. The molecule has 1 unspecified atom stereocenters. The van der Waals surface area contributed by atoms with Crippen LogP contribution < -0.4 is 5.32 Å². The Morgan fingerprint density at radius 1 is 1.53 bits per heavy atom. The fraction of sp³-hybridized carbons (Fsp3) is 0.286. The number of nitrogens with one attached hydrogen (secondary N) is 1. The molecule has 2 rings (SSSR count). The van der Waals surface area contributed by atoms with Crippen molar-refractivity contribution in [3.8, 4) is 0 Å². The van der Waals surface area contributed by atoms with Crippen LogP contribution in [0.3, 0.4) is 0 Å². The minimum atomic E-state index is -0.127. The van der Waals surface area contributed by atoms with E-state index in [1.807, 2.05) is 30.7 Å². The minimum Gasteiger partial charge on any atom is -0.345 e. The molecular formula is C14H15ClN2OS. The zero-order valence-corrected chi connectivity index (χ0v) is 12.4. The van der Waals surface area contributed by atoms with Crippen molar-refractivity contribution < 1.29 is 4.79 Å². The highest BCUT2D eigenvalue weighted by Crippen LogP contribution is 2.17. The van der Waals surface area contributed by atoms with Gasteiger partial charge in [-0.3, -0.25) is 4.79 Å². The van der Waals surface area contributed by atoms with Crippen molar-refractivity contribution in [2.45, 2.75) is 26.3 Å². The van der Waals surface area contributed by atoms with E-state index in [1.54, 1.807) is 23.5 Å². The molecule has 0 radical (unpaired) electrons. The average molecular weight is 295 g/mol. The molecule has 0 aromatic carbocycles. The smallest absolute Gasteiger partial charge is 0.251 e. The van der Waals surface area contributed by atoms with E-state index in [0.717, 1.165) is 17.7 Å². The molecule has 0 saturated heterocycles. The molecule has 0 spiro atoms. The summed E-state index contributed by atoms with van der Waals surface area (Å²) in [6, 6.07) is 5.36. The minimum absolute atomic E-state index is 0.0178. The number of nitrogens with zero attached hydrogens (tertiary/aromatic N) is 1. The predicted octanol–water partition coefficient (Wildman–Crippen LogP) is 3.85. The van der Waals surface area contributed by atoms with E-state index in [1.165, 1.54) is 0 Å². The van der Waals surface area contributed by atoms with Crippen LogP contribution in [0.1, 0.15) is 41.5 Å². The number of carbonyl (C=O) groups excluding carboxylic acids is 1. The van der Waals surface area contributed by atoms with Crippen molar-refractivity contribution in [3.63, 3.8) is 0 Å². The maximum atomic E-state index is 12.2. The molecule has 2 aromatic rings. The molecule has 0 aliphatic carbocycles. The molecule has 5 heteroatoms. The van der Waals surface area contributed by atoms with E-state index in [0.29, 0.717) is 10.7 Å². The van der Waals surface area contributed by atoms with Gasteiger partial charge in [0.25, 0.3) is 5.91 Å². The van der Waals surface area contributed by atoms with Crippen molar-refractivity contribution in [1.29, 1.82) is 0 Å². The number of amides is 1. The van der Waals surface area contributed by atoms with Crippen LogP contribution in [0, 0.1) is 0 Å². The molecule has 2 aromatic heterocycles. The van der Waals surface area contributed by atoms with Gasteiger partial charge in [0.2, 0.25) is 0 Å². The van der Waals surface area contributed by atoms with Crippen LogP contribution in [0.4, 0.5) is 0 Å². The van der Waals surface area contributed by atoms with Crippen LogP contribution >= 0.6 is 22.9 Å². The lowest BCUT2D eigenvalue weighted by Crippen LogP contribution is -2.26. The highest BCUT2D eigenvalue weighted by molar-refractivity contribution is 7.07. The summed E-state index contributed by atoms with van der Waals surface area (Å²) in [5, 5.41) is 7.34. The van der Waals surface area contributed by atoms with Gasteiger partial charge in [0, 0.05) is 11.3 Å². The van der Waals surface area contributed by atoms with Gasteiger partial charge >= 0.3 is 0 Å². The first-order valence-electron chi connectivity index (χ1n) is 6.09. The summed E-state index contributed by atoms with van der Waals surface area (Å²) in [6.45, 7) is 3.94. The number of carbonyl (C=O) groups is 1. The zero-order valence-electron chi connectivity index (χ0n) is 10.8. The average Bonchev–Trinajstić information content (AvgIpc) is 2.91. The molecule has 0 bridgehead atoms. The van der Waals surface area contributed by atoms with E-state index in [-0.39, 0.29) is 11.9 Å². The lowest BCUT2D eigenvalue weighted by molar-refractivity contribution is 0.0939. The summed E-state index contributed by atoms with van der Waals surface area (Å²) in [5.74, 6) is -0.127. The van der Waals surface area contributed by atoms with Crippen molar-refractivity contribution >= 4 is 28.8 Å². The molecule has 2 heterocycles. The Bertz CT molecular complexity index is 569. The number of thiophene rings is 1. The van der Waals surface area contributed by atoms with Crippen LogP contribution in [-0.4, -0.2) is 10.9 Å². The van der Waals surface area contributed by atoms with E-state index in [2.05, 4.69) is 10.3 Å². The highest BCUT2D eigenvalue weighted by Gasteiger charge is 2.13. The van der Waals surface area contributed by atoms with E-state index in [4.69, 9.17) is 11.6 Å². The van der Waals surface area contributed by atoms with Gasteiger partial charge in [0.1, 0.15) is 5.15 Å². The van der Waals surface area contributed by atoms with Gasteiger partial charge in [0.15, 0.2) is 0 Å². The third kappa shape index (κ3) is 3.55. The topological polar surface area (TPSA) is 42.0 Å². The van der Waals surface area contributed by atoms with Crippen molar-refractivity contribution in [2.24, 2.45) is 0 Å². The van der Waals surface area contributed by atoms with Gasteiger partial charge in [0.05, 0.1) is 6.04 Å². The van der Waals surface area contributed by atoms with Gasteiger partial charge in [-0.15, -0.1) is 0 Å². The monoisotopic (exact) mass is 294 g/mol. The highest BCUT2D eigenvalue weighted by atomic mass is 35.5. The Hall–Kier alpha value is -1.39. The van der Waals surface area contributed by atoms with Crippen LogP contribution in [0.5, 0.6) is 0 Å². The fourth-order valence-electron chi connectivity index (χ4n) is 1.75. The van der Waals surface area contributed by atoms with Gasteiger partial charge in [-0.25, -0.2) is 4.98 Å². The first-order valence-corrected chi connectivity index (χ1v) is 7.41. The summed E-state index contributed by atoms with van der Waals surface area (Å²) >= 11 is 7.54. The molecule has 1 atom stereocenters. The van der Waals surface area contributed by atoms with Gasteiger partial charge in [-0.05, 0) is 47.9 Å². The summed E-state index contributed by atoms with van der Waals surface area (Å²) < 4.78 is 0. The molecular weight excluding hydrogens is 280 g/mol. The summed E-state index contributed by atoms with van der Waals surface area (Å²) in [5.41, 5.74) is 2.48. The molecule has 0 aliphatic rings. The first-order chi connectivity index (χ1) is 9.10. The van der Waals surface area contributed by atoms with Crippen LogP contribution in [0.2, 0.25) is 5.15 Å². The van der Waals surface area contributed by atoms with E-state index >= 15 is 0 Å². The maximum absolute atomic E-state index is 12.2.